The average molecular weight is 441 g/mol. The van der Waals surface area contributed by atoms with Crippen molar-refractivity contribution in [2.24, 2.45) is 0 Å². The molecule has 7 nitrogen and oxygen atoms in total. The van der Waals surface area contributed by atoms with E-state index >= 15 is 0 Å². The molecule has 0 heterocycles. The van der Waals surface area contributed by atoms with Crippen LogP contribution in [0.4, 0.5) is 5.69 Å². The zero-order valence-corrected chi connectivity index (χ0v) is 18.1. The van der Waals surface area contributed by atoms with Crippen molar-refractivity contribution in [3.05, 3.63) is 83.9 Å². The molecule has 1 amide bonds. The third kappa shape index (κ3) is 5.76. The van der Waals surface area contributed by atoms with Gasteiger partial charge in [0.15, 0.2) is 0 Å². The monoisotopic (exact) mass is 440 g/mol. The second-order valence-corrected chi connectivity index (χ2v) is 8.31. The Morgan fingerprint density at radius 2 is 1.68 bits per heavy atom. The Hall–Kier alpha value is -3.52. The van der Waals surface area contributed by atoms with Crippen LogP contribution in [0.3, 0.4) is 0 Å². The molecule has 0 atom stereocenters. The summed E-state index contributed by atoms with van der Waals surface area (Å²) in [6, 6.07) is 20.5. The van der Waals surface area contributed by atoms with Gasteiger partial charge in [-0.2, -0.15) is 0 Å². The summed E-state index contributed by atoms with van der Waals surface area (Å²) in [6.45, 7) is 2.61. The van der Waals surface area contributed by atoms with Crippen LogP contribution in [-0.2, 0) is 16.6 Å². The smallest absolute Gasteiger partial charge is 0.261 e. The fourth-order valence-corrected chi connectivity index (χ4v) is 3.95. The number of amides is 1. The Morgan fingerprint density at radius 1 is 0.968 bits per heavy atom. The molecule has 31 heavy (non-hydrogen) atoms. The number of carbonyl (C=O) groups excluding carboxylic acids is 1. The lowest BCUT2D eigenvalue weighted by atomic mass is 10.2. The maximum atomic E-state index is 12.8. The normalized spacial score (nSPS) is 10.9. The van der Waals surface area contributed by atoms with Crippen molar-refractivity contribution in [2.75, 3.05) is 18.4 Å². The summed E-state index contributed by atoms with van der Waals surface area (Å²) in [5.74, 6) is 0.510. The van der Waals surface area contributed by atoms with Crippen LogP contribution in [0.25, 0.3) is 0 Å². The minimum atomic E-state index is -3.90. The van der Waals surface area contributed by atoms with Gasteiger partial charge in [-0.3, -0.25) is 9.52 Å². The Balaban J connectivity index is 1.73. The zero-order valence-electron chi connectivity index (χ0n) is 17.3. The fourth-order valence-electron chi connectivity index (χ4n) is 2.86. The molecule has 2 N–H and O–H groups in total. The van der Waals surface area contributed by atoms with Gasteiger partial charge in [0.2, 0.25) is 0 Å². The zero-order chi connectivity index (χ0) is 22.3. The van der Waals surface area contributed by atoms with Crippen LogP contribution < -0.4 is 19.5 Å². The van der Waals surface area contributed by atoms with E-state index < -0.39 is 15.9 Å². The van der Waals surface area contributed by atoms with Crippen molar-refractivity contribution in [3.63, 3.8) is 0 Å². The molecule has 8 heteroatoms. The summed E-state index contributed by atoms with van der Waals surface area (Å²) in [6.07, 6.45) is 0. The Bertz CT molecular complexity index is 1130. The van der Waals surface area contributed by atoms with Crippen LogP contribution in [-0.4, -0.2) is 28.0 Å². The number of hydrogen-bond donors (Lipinski definition) is 2. The molecule has 0 saturated carbocycles. The van der Waals surface area contributed by atoms with Crippen LogP contribution >= 0.6 is 0 Å². The van der Waals surface area contributed by atoms with E-state index in [1.54, 1.807) is 31.2 Å². The molecule has 3 aromatic rings. The molecule has 0 unspecified atom stereocenters. The van der Waals surface area contributed by atoms with E-state index in [-0.39, 0.29) is 10.5 Å². The number of methoxy groups -OCH3 is 1. The van der Waals surface area contributed by atoms with Crippen molar-refractivity contribution in [1.29, 1.82) is 0 Å². The van der Waals surface area contributed by atoms with Gasteiger partial charge in [0.25, 0.3) is 15.9 Å². The van der Waals surface area contributed by atoms with E-state index in [2.05, 4.69) is 10.0 Å². The predicted molar refractivity (Wildman–Crippen MR) is 119 cm³/mol. The lowest BCUT2D eigenvalue weighted by molar-refractivity contribution is 0.0952. The molecule has 0 aromatic heterocycles. The third-order valence-electron chi connectivity index (χ3n) is 4.42. The first-order valence-electron chi connectivity index (χ1n) is 9.69. The van der Waals surface area contributed by atoms with Gasteiger partial charge >= 0.3 is 0 Å². The van der Waals surface area contributed by atoms with E-state index in [0.717, 1.165) is 5.56 Å². The van der Waals surface area contributed by atoms with Gasteiger partial charge in [0.1, 0.15) is 18.1 Å². The molecule has 0 fully saturated rings. The van der Waals surface area contributed by atoms with E-state index in [0.29, 0.717) is 30.3 Å². The van der Waals surface area contributed by atoms with Gasteiger partial charge in [0.05, 0.1) is 17.6 Å². The van der Waals surface area contributed by atoms with E-state index in [1.807, 2.05) is 30.3 Å². The number of nitrogens with one attached hydrogen (secondary N) is 2. The van der Waals surface area contributed by atoms with E-state index in [4.69, 9.17) is 9.47 Å². The molecule has 0 aliphatic heterocycles. The van der Waals surface area contributed by atoms with Gasteiger partial charge in [0, 0.05) is 12.2 Å². The third-order valence-corrected chi connectivity index (χ3v) is 5.80. The van der Waals surface area contributed by atoms with Gasteiger partial charge in [-0.25, -0.2) is 8.42 Å². The second kappa shape index (κ2) is 9.99. The Labute approximate surface area is 182 Å². The maximum Gasteiger partial charge on any atom is 0.261 e. The number of benzene rings is 3. The number of ether oxygens (including phenoxy) is 2. The van der Waals surface area contributed by atoms with Gasteiger partial charge in [-0.15, -0.1) is 0 Å². The molecule has 3 aromatic carbocycles. The lowest BCUT2D eigenvalue weighted by Gasteiger charge is -2.13. The summed E-state index contributed by atoms with van der Waals surface area (Å²) < 4.78 is 39.0. The molecule has 162 valence electrons. The summed E-state index contributed by atoms with van der Waals surface area (Å²) in [5, 5.41) is 2.65. The quantitative estimate of drug-likeness (QED) is 0.528. The largest absolute Gasteiger partial charge is 0.496 e. The van der Waals surface area contributed by atoms with Crippen molar-refractivity contribution < 1.29 is 22.7 Å². The summed E-state index contributed by atoms with van der Waals surface area (Å²) >= 11 is 0. The highest BCUT2D eigenvalue weighted by atomic mass is 32.2. The van der Waals surface area contributed by atoms with Crippen molar-refractivity contribution in [1.82, 2.24) is 5.32 Å². The summed E-state index contributed by atoms with van der Waals surface area (Å²) in [5.41, 5.74) is 1.56. The Kier molecular flexibility index (Phi) is 7.15. The highest BCUT2D eigenvalue weighted by molar-refractivity contribution is 7.92. The number of hydrogen-bond acceptors (Lipinski definition) is 5. The second-order valence-electron chi connectivity index (χ2n) is 6.63. The molecule has 3 rings (SSSR count). The minimum absolute atomic E-state index is 0.0426. The summed E-state index contributed by atoms with van der Waals surface area (Å²) in [4.78, 5) is 12.2. The highest BCUT2D eigenvalue weighted by Gasteiger charge is 2.20. The first kappa shape index (κ1) is 22.2. The topological polar surface area (TPSA) is 93.7 Å². The SMILES string of the molecule is CCNC(=O)c1cc(S(=O)(=O)Nc2ccc(OCc3ccccc3)cc2)ccc1OC. The lowest BCUT2D eigenvalue weighted by Crippen LogP contribution is -2.24. The number of rotatable bonds is 9. The molecular weight excluding hydrogens is 416 g/mol. The van der Waals surface area contributed by atoms with Crippen LogP contribution in [0.1, 0.15) is 22.8 Å². The minimum Gasteiger partial charge on any atom is -0.496 e. The molecule has 0 aliphatic rings. The van der Waals surface area contributed by atoms with E-state index in [9.17, 15) is 13.2 Å². The van der Waals surface area contributed by atoms with Gasteiger partial charge in [-0.05, 0) is 55.0 Å². The standard InChI is InChI=1S/C23H24N2O5S/c1-3-24-23(26)21-15-20(13-14-22(21)29-2)31(27,28)25-18-9-11-19(12-10-18)30-16-17-7-5-4-6-8-17/h4-15,25H,3,16H2,1-2H3,(H,24,26). The van der Waals surface area contributed by atoms with Crippen molar-refractivity contribution in [2.45, 2.75) is 18.4 Å². The molecule has 0 aliphatic carbocycles. The number of sulfonamides is 1. The molecular formula is C23H24N2O5S. The molecule has 0 spiro atoms. The van der Waals surface area contributed by atoms with Crippen LogP contribution in [0.5, 0.6) is 11.5 Å². The predicted octanol–water partition coefficient (Wildman–Crippen LogP) is 3.82. The fraction of sp³-hybridized carbons (Fsp3) is 0.174. The summed E-state index contributed by atoms with van der Waals surface area (Å²) in [7, 11) is -2.48. The average Bonchev–Trinajstić information content (AvgIpc) is 2.79. The molecule has 0 saturated heterocycles. The molecule has 0 bridgehead atoms. The van der Waals surface area contributed by atoms with Crippen LogP contribution in [0.2, 0.25) is 0 Å². The van der Waals surface area contributed by atoms with Gasteiger partial charge in [-0.1, -0.05) is 30.3 Å². The van der Waals surface area contributed by atoms with Crippen LogP contribution in [0.15, 0.2) is 77.7 Å². The van der Waals surface area contributed by atoms with Gasteiger partial charge < -0.3 is 14.8 Å². The Morgan fingerprint density at radius 3 is 2.32 bits per heavy atom. The molecule has 0 radical (unpaired) electrons. The maximum absolute atomic E-state index is 12.8. The van der Waals surface area contributed by atoms with Crippen LogP contribution in [0, 0.1) is 0 Å². The highest BCUT2D eigenvalue weighted by Crippen LogP contribution is 2.25. The number of anilines is 1. The van der Waals surface area contributed by atoms with E-state index in [1.165, 1.54) is 25.3 Å². The number of carbonyl (C=O) groups is 1. The van der Waals surface area contributed by atoms with Crippen molar-refractivity contribution in [3.8, 4) is 11.5 Å². The van der Waals surface area contributed by atoms with Crippen molar-refractivity contribution >= 4 is 21.6 Å². The first-order chi connectivity index (χ1) is 14.9. The first-order valence-corrected chi connectivity index (χ1v) is 11.2.